The molecule has 2 aromatic rings. The van der Waals surface area contributed by atoms with Crippen LogP contribution in [-0.2, 0) is 19.2 Å². The first-order chi connectivity index (χ1) is 9.71. The Balaban J connectivity index is 0. The van der Waals surface area contributed by atoms with Crippen LogP contribution >= 0.6 is 24.8 Å². The van der Waals surface area contributed by atoms with Crippen LogP contribution in [0.2, 0.25) is 0 Å². The zero-order valence-corrected chi connectivity index (χ0v) is 15.9. The number of hydrogen-bond acceptors (Lipinski definition) is 1. The topological polar surface area (TPSA) is 20.2 Å². The van der Waals surface area contributed by atoms with Gasteiger partial charge in [0.15, 0.2) is 0 Å². The quantitative estimate of drug-likeness (QED) is 0.663. The fourth-order valence-corrected chi connectivity index (χ4v) is 2.12. The summed E-state index contributed by atoms with van der Waals surface area (Å²) in [6.07, 6.45) is 1.90. The molecule has 0 spiro atoms. The summed E-state index contributed by atoms with van der Waals surface area (Å²) in [6, 6.07) is 17.3. The molecule has 0 heterocycles. The number of rotatable bonds is 3. The van der Waals surface area contributed by atoms with E-state index in [9.17, 15) is 8.20 Å². The van der Waals surface area contributed by atoms with E-state index in [1.807, 2.05) is 56.3 Å². The fourth-order valence-electron chi connectivity index (χ4n) is 1.70. The average Bonchev–Trinajstić information content (AvgIpc) is 2.51. The predicted octanol–water partition coefficient (Wildman–Crippen LogP) is 5.85. The minimum Gasteiger partial charge on any atom is -0.508 e. The van der Waals surface area contributed by atoms with E-state index in [0.717, 1.165) is 27.8 Å². The summed E-state index contributed by atoms with van der Waals surface area (Å²) < 4.78 is 12.9. The Bertz CT molecular complexity index is 541. The third-order valence-corrected chi connectivity index (χ3v) is 4.46. The Kier molecular flexibility index (Phi) is 15.0. The van der Waals surface area contributed by atoms with Crippen molar-refractivity contribution in [3.8, 4) is 16.9 Å². The molecule has 0 unspecified atom stereocenters. The summed E-state index contributed by atoms with van der Waals surface area (Å²) >= 11 is -1.15. The van der Waals surface area contributed by atoms with E-state index in [1.165, 1.54) is 0 Å². The largest absolute Gasteiger partial charge is 0.508 e. The van der Waals surface area contributed by atoms with Gasteiger partial charge in [0.05, 0.1) is 0 Å². The van der Waals surface area contributed by atoms with E-state index in [-0.39, 0.29) is 24.8 Å². The molecule has 1 N–H and O–H groups in total. The first-order valence-corrected chi connectivity index (χ1v) is 8.14. The number of phenols is 1. The molecule has 0 amide bonds. The average molecular weight is 380 g/mol. The maximum Gasteiger partial charge on any atom is 0.116 e. The monoisotopic (exact) mass is 379 g/mol. The third kappa shape index (κ3) is 8.70. The van der Waals surface area contributed by atoms with Gasteiger partial charge in [-0.1, -0.05) is 42.5 Å². The van der Waals surface area contributed by atoms with Gasteiger partial charge in [0.25, 0.3) is 0 Å². The summed E-state index contributed by atoms with van der Waals surface area (Å²) in [6.45, 7) is 4.03. The molecule has 0 aliphatic rings. The number of benzene rings is 2. The van der Waals surface area contributed by atoms with E-state index in [1.54, 1.807) is 12.1 Å². The molecule has 0 aliphatic carbocycles. The minimum absolute atomic E-state index is 0. The van der Waals surface area contributed by atoms with Gasteiger partial charge < -0.3 is 5.11 Å². The Morgan fingerprint density at radius 1 is 0.909 bits per heavy atom. The number of halogens is 3. The first kappa shape index (κ1) is 23.6. The minimum atomic E-state index is -1.15. The normalized spacial score (nSPS) is 8.32. The van der Waals surface area contributed by atoms with Gasteiger partial charge in [-0.2, -0.15) is 0 Å². The summed E-state index contributed by atoms with van der Waals surface area (Å²) in [4.78, 5) is 0. The molecule has 121 valence electrons. The second-order valence-electron chi connectivity index (χ2n) is 4.32. The number of hydrogen-bond donors (Lipinski definition) is 1. The van der Waals surface area contributed by atoms with Crippen molar-refractivity contribution in [2.75, 3.05) is 0 Å². The molecule has 0 atom stereocenters. The van der Waals surface area contributed by atoms with Gasteiger partial charge in [-0.05, 0) is 23.3 Å². The van der Waals surface area contributed by atoms with Crippen LogP contribution in [0.4, 0.5) is 3.09 Å². The summed E-state index contributed by atoms with van der Waals surface area (Å²) in [7, 11) is 0. The molecule has 0 radical (unpaired) electrons. The predicted molar refractivity (Wildman–Crippen MR) is 94.7 cm³/mol. The van der Waals surface area contributed by atoms with Crippen molar-refractivity contribution < 1.29 is 27.4 Å². The van der Waals surface area contributed by atoms with E-state index in [2.05, 4.69) is 0 Å². The van der Waals surface area contributed by atoms with Gasteiger partial charge in [-0.25, -0.2) is 0 Å². The van der Waals surface area contributed by atoms with E-state index < -0.39 is 19.2 Å². The van der Waals surface area contributed by atoms with Crippen LogP contribution in [0.5, 0.6) is 5.75 Å². The molecule has 0 saturated carbocycles. The molecular weight excluding hydrogens is 358 g/mol. The van der Waals surface area contributed by atoms with Crippen molar-refractivity contribution in [1.82, 2.24) is 0 Å². The van der Waals surface area contributed by atoms with Crippen LogP contribution in [0.15, 0.2) is 54.6 Å². The van der Waals surface area contributed by atoms with Crippen LogP contribution < -0.4 is 0 Å². The van der Waals surface area contributed by atoms with Crippen LogP contribution in [-0.4, -0.2) is 8.92 Å². The molecular formula is C17H22Cl2FOTi. The van der Waals surface area contributed by atoms with E-state index in [4.69, 9.17) is 0 Å². The van der Waals surface area contributed by atoms with Crippen molar-refractivity contribution in [3.63, 3.8) is 0 Å². The Morgan fingerprint density at radius 3 is 1.86 bits per heavy atom. The van der Waals surface area contributed by atoms with Crippen molar-refractivity contribution in [1.29, 1.82) is 0 Å². The second kappa shape index (κ2) is 14.0. The van der Waals surface area contributed by atoms with Crippen molar-refractivity contribution in [3.05, 3.63) is 54.6 Å². The molecule has 0 fully saturated rings. The van der Waals surface area contributed by atoms with Gasteiger partial charge >= 0.3 is 52.8 Å². The van der Waals surface area contributed by atoms with E-state index >= 15 is 0 Å². The van der Waals surface area contributed by atoms with Crippen LogP contribution in [0, 0.1) is 0 Å². The first-order valence-electron chi connectivity index (χ1n) is 6.77. The smallest absolute Gasteiger partial charge is 0.116 e. The molecule has 0 aromatic heterocycles. The molecule has 0 aliphatic heterocycles. The van der Waals surface area contributed by atoms with E-state index in [0.29, 0.717) is 5.75 Å². The maximum atomic E-state index is 11.7. The summed E-state index contributed by atoms with van der Waals surface area (Å²) in [5, 5.41) is 9.27. The molecule has 2 rings (SSSR count). The van der Waals surface area contributed by atoms with Crippen molar-refractivity contribution in [2.24, 2.45) is 0 Å². The molecule has 22 heavy (non-hydrogen) atoms. The standard InChI is InChI=1S/C12H10O.C5H10.2ClH.FH.Ti/c13-12-8-4-7-11(9-12)10-5-2-1-3-6-10;1-3-5-4-2;;;;/h1-9,13H;3-4H2,1-2H3;3*1H;/q;;;;;+1/p-1. The van der Waals surface area contributed by atoms with Gasteiger partial charge in [0, 0.05) is 0 Å². The molecule has 1 nitrogen and oxygen atoms in total. The third-order valence-electron chi connectivity index (χ3n) is 2.94. The van der Waals surface area contributed by atoms with Crippen LogP contribution in [0.3, 0.4) is 0 Å². The fraction of sp³-hybridized carbons (Fsp3) is 0.235. The molecule has 5 heteroatoms. The summed E-state index contributed by atoms with van der Waals surface area (Å²) in [5.41, 5.74) is 2.17. The SMILES string of the molecule is CC[C](CC)=[Ti][F].Cl.Cl.Oc1cccc(-c2ccccc2)c1. The van der Waals surface area contributed by atoms with Gasteiger partial charge in [0.1, 0.15) is 5.75 Å². The number of phenolic OH excluding ortho intramolecular Hbond substituents is 1. The number of aromatic hydroxyl groups is 1. The second-order valence-corrected chi connectivity index (χ2v) is 5.72. The molecule has 0 saturated heterocycles. The van der Waals surface area contributed by atoms with Crippen molar-refractivity contribution >= 4 is 28.6 Å². The van der Waals surface area contributed by atoms with Crippen LogP contribution in [0.1, 0.15) is 26.7 Å². The van der Waals surface area contributed by atoms with Crippen molar-refractivity contribution in [2.45, 2.75) is 26.7 Å². The van der Waals surface area contributed by atoms with Crippen LogP contribution in [0.25, 0.3) is 11.1 Å². The van der Waals surface area contributed by atoms with Gasteiger partial charge in [-0.3, -0.25) is 0 Å². The zero-order chi connectivity index (χ0) is 14.8. The maximum absolute atomic E-state index is 11.7. The Hall–Kier alpha value is -0.666. The molecule has 0 bridgehead atoms. The van der Waals surface area contributed by atoms with Gasteiger partial charge in [0.2, 0.25) is 0 Å². The Labute approximate surface area is 153 Å². The molecule has 2 aromatic carbocycles. The zero-order valence-electron chi connectivity index (χ0n) is 12.8. The summed E-state index contributed by atoms with van der Waals surface area (Å²) in [5.74, 6) is 0.307. The Morgan fingerprint density at radius 2 is 1.45 bits per heavy atom. The van der Waals surface area contributed by atoms with Gasteiger partial charge in [-0.15, -0.1) is 24.8 Å².